The third-order valence-corrected chi connectivity index (χ3v) is 4.55. The van der Waals surface area contributed by atoms with Crippen molar-refractivity contribution < 1.29 is 19.1 Å². The zero-order valence-corrected chi connectivity index (χ0v) is 15.8. The van der Waals surface area contributed by atoms with Gasteiger partial charge in [-0.1, -0.05) is 48.5 Å². The first-order valence-corrected chi connectivity index (χ1v) is 9.05. The maximum absolute atomic E-state index is 12.9. The molecule has 0 spiro atoms. The molecule has 0 aromatic heterocycles. The molecule has 2 aromatic carbocycles. The van der Waals surface area contributed by atoms with E-state index in [9.17, 15) is 9.59 Å². The van der Waals surface area contributed by atoms with Gasteiger partial charge in [-0.25, -0.2) is 9.59 Å². The monoisotopic (exact) mass is 365 g/mol. The number of hydrogen-bond acceptors (Lipinski definition) is 5. The average Bonchev–Trinajstić information content (AvgIpc) is 2.68. The van der Waals surface area contributed by atoms with E-state index in [0.717, 1.165) is 16.8 Å². The molecule has 2 aromatic rings. The third kappa shape index (κ3) is 3.45. The quantitative estimate of drug-likeness (QED) is 0.760. The van der Waals surface area contributed by atoms with Crippen LogP contribution in [0.15, 0.2) is 60.2 Å². The van der Waals surface area contributed by atoms with Crippen LogP contribution in [0.2, 0.25) is 0 Å². The molecule has 3 rings (SSSR count). The van der Waals surface area contributed by atoms with Crippen molar-refractivity contribution in [1.82, 2.24) is 0 Å². The van der Waals surface area contributed by atoms with Crippen molar-refractivity contribution in [2.75, 3.05) is 25.2 Å². The lowest BCUT2D eigenvalue weighted by atomic mass is 9.84. The minimum atomic E-state index is -0.867. The van der Waals surface area contributed by atoms with Crippen LogP contribution in [0.25, 0.3) is 5.57 Å². The summed E-state index contributed by atoms with van der Waals surface area (Å²) in [5, 5.41) is 0. The van der Waals surface area contributed by atoms with Crippen LogP contribution in [-0.2, 0) is 19.1 Å². The van der Waals surface area contributed by atoms with Crippen molar-refractivity contribution in [1.29, 1.82) is 0 Å². The smallest absolute Gasteiger partial charge is 0.337 e. The average molecular weight is 365 g/mol. The van der Waals surface area contributed by atoms with E-state index in [2.05, 4.69) is 0 Å². The van der Waals surface area contributed by atoms with Crippen LogP contribution in [-0.4, -0.2) is 38.2 Å². The molecule has 5 nitrogen and oxygen atoms in total. The van der Waals surface area contributed by atoms with Crippen LogP contribution in [0, 0.1) is 0 Å². The molecule has 1 aliphatic heterocycles. The molecule has 1 atom stereocenters. The number of nitrogens with zero attached hydrogens (tertiary/aromatic N) is 1. The van der Waals surface area contributed by atoms with Crippen LogP contribution in [0.1, 0.15) is 25.0 Å². The minimum Gasteiger partial charge on any atom is -0.464 e. The van der Waals surface area contributed by atoms with Gasteiger partial charge in [-0.05, 0) is 25.5 Å². The largest absolute Gasteiger partial charge is 0.464 e. The van der Waals surface area contributed by atoms with Gasteiger partial charge in [0.15, 0.2) is 6.04 Å². The van der Waals surface area contributed by atoms with Crippen LogP contribution >= 0.6 is 0 Å². The predicted octanol–water partition coefficient (Wildman–Crippen LogP) is 3.43. The molecule has 0 N–H and O–H groups in total. The SMILES string of the molecule is CCOC(=O)C1=C(c2ccccc2)c2ccccc2N(C)C1C(=O)OCC. The van der Waals surface area contributed by atoms with Crippen molar-refractivity contribution in [2.45, 2.75) is 19.9 Å². The Bertz CT molecular complexity index is 873. The Hall–Kier alpha value is -3.08. The molecule has 1 heterocycles. The van der Waals surface area contributed by atoms with Gasteiger partial charge in [0.25, 0.3) is 0 Å². The zero-order chi connectivity index (χ0) is 19.4. The van der Waals surface area contributed by atoms with E-state index >= 15 is 0 Å². The maximum atomic E-state index is 12.9. The Labute approximate surface area is 159 Å². The molecule has 5 heteroatoms. The summed E-state index contributed by atoms with van der Waals surface area (Å²) < 4.78 is 10.6. The van der Waals surface area contributed by atoms with Gasteiger partial charge in [0.1, 0.15) is 0 Å². The highest BCUT2D eigenvalue weighted by Crippen LogP contribution is 2.41. The highest BCUT2D eigenvalue weighted by atomic mass is 16.5. The Morgan fingerprint density at radius 2 is 1.56 bits per heavy atom. The fourth-order valence-electron chi connectivity index (χ4n) is 3.44. The lowest BCUT2D eigenvalue weighted by molar-refractivity contribution is -0.147. The zero-order valence-electron chi connectivity index (χ0n) is 15.8. The van der Waals surface area contributed by atoms with Crippen molar-refractivity contribution in [2.24, 2.45) is 0 Å². The van der Waals surface area contributed by atoms with E-state index in [1.54, 1.807) is 25.8 Å². The number of benzene rings is 2. The first-order valence-electron chi connectivity index (χ1n) is 9.05. The van der Waals surface area contributed by atoms with Crippen LogP contribution in [0.5, 0.6) is 0 Å². The Balaban J connectivity index is 2.32. The van der Waals surface area contributed by atoms with Crippen molar-refractivity contribution in [3.05, 3.63) is 71.3 Å². The van der Waals surface area contributed by atoms with Crippen molar-refractivity contribution in [3.8, 4) is 0 Å². The number of carbonyl (C=O) groups is 2. The van der Waals surface area contributed by atoms with Crippen LogP contribution < -0.4 is 4.90 Å². The Kier molecular flexibility index (Phi) is 5.60. The minimum absolute atomic E-state index is 0.227. The second-order valence-electron chi connectivity index (χ2n) is 6.16. The molecule has 0 fully saturated rings. The number of carbonyl (C=O) groups excluding carboxylic acids is 2. The molecule has 0 amide bonds. The van der Waals surface area contributed by atoms with Gasteiger partial charge in [0.05, 0.1) is 18.8 Å². The fourth-order valence-corrected chi connectivity index (χ4v) is 3.44. The molecule has 140 valence electrons. The highest BCUT2D eigenvalue weighted by Gasteiger charge is 2.41. The van der Waals surface area contributed by atoms with Crippen molar-refractivity contribution >= 4 is 23.2 Å². The fraction of sp³-hybridized carbons (Fsp3) is 0.273. The number of para-hydroxylation sites is 1. The van der Waals surface area contributed by atoms with Gasteiger partial charge in [-0.3, -0.25) is 0 Å². The summed E-state index contributed by atoms with van der Waals surface area (Å²) >= 11 is 0. The van der Waals surface area contributed by atoms with Crippen LogP contribution in [0.3, 0.4) is 0 Å². The maximum Gasteiger partial charge on any atom is 0.337 e. The van der Waals surface area contributed by atoms with E-state index in [0.29, 0.717) is 11.1 Å². The molecule has 0 radical (unpaired) electrons. The van der Waals surface area contributed by atoms with Gasteiger partial charge >= 0.3 is 11.9 Å². The van der Waals surface area contributed by atoms with E-state index in [1.807, 2.05) is 54.6 Å². The molecule has 0 aliphatic carbocycles. The first-order chi connectivity index (χ1) is 13.1. The molecule has 1 aliphatic rings. The summed E-state index contributed by atoms with van der Waals surface area (Å²) in [4.78, 5) is 27.5. The number of hydrogen-bond donors (Lipinski definition) is 0. The number of rotatable bonds is 5. The normalized spacial score (nSPS) is 16.0. The van der Waals surface area contributed by atoms with E-state index < -0.39 is 18.0 Å². The highest BCUT2D eigenvalue weighted by molar-refractivity contribution is 6.12. The van der Waals surface area contributed by atoms with Gasteiger partial charge in [0, 0.05) is 23.9 Å². The summed E-state index contributed by atoms with van der Waals surface area (Å²) in [6.07, 6.45) is 0. The number of ether oxygens (including phenoxy) is 2. The molecular weight excluding hydrogens is 342 g/mol. The first kappa shape index (κ1) is 18.7. The third-order valence-electron chi connectivity index (χ3n) is 4.55. The second-order valence-corrected chi connectivity index (χ2v) is 6.16. The van der Waals surface area contributed by atoms with Crippen LogP contribution in [0.4, 0.5) is 5.69 Å². The predicted molar refractivity (Wildman–Crippen MR) is 104 cm³/mol. The Morgan fingerprint density at radius 3 is 2.22 bits per heavy atom. The lowest BCUT2D eigenvalue weighted by Gasteiger charge is -2.37. The number of esters is 2. The van der Waals surface area contributed by atoms with E-state index in [4.69, 9.17) is 9.47 Å². The molecular formula is C22H23NO4. The summed E-state index contributed by atoms with van der Waals surface area (Å²) in [6, 6.07) is 16.4. The molecule has 0 saturated carbocycles. The van der Waals surface area contributed by atoms with Gasteiger partial charge in [-0.15, -0.1) is 0 Å². The Morgan fingerprint density at radius 1 is 0.926 bits per heavy atom. The summed E-state index contributed by atoms with van der Waals surface area (Å²) in [6.45, 7) is 3.97. The molecule has 0 bridgehead atoms. The van der Waals surface area contributed by atoms with E-state index in [1.165, 1.54) is 0 Å². The summed E-state index contributed by atoms with van der Waals surface area (Å²) in [7, 11) is 1.79. The lowest BCUT2D eigenvalue weighted by Crippen LogP contribution is -2.46. The van der Waals surface area contributed by atoms with Gasteiger partial charge < -0.3 is 14.4 Å². The molecule has 27 heavy (non-hydrogen) atoms. The van der Waals surface area contributed by atoms with Gasteiger partial charge in [0.2, 0.25) is 0 Å². The standard InChI is InChI=1S/C22H23NO4/c1-4-26-21(24)19-18(15-11-7-6-8-12-15)16-13-9-10-14-17(16)23(3)20(19)22(25)27-5-2/h6-14,20H,4-5H2,1-3H3. The summed E-state index contributed by atoms with van der Waals surface area (Å²) in [5.41, 5.74) is 3.62. The number of likely N-dealkylation sites (N-methyl/N-ethyl adjacent to an activating group) is 1. The summed E-state index contributed by atoms with van der Waals surface area (Å²) in [5.74, 6) is -0.971. The molecule has 0 saturated heterocycles. The van der Waals surface area contributed by atoms with Crippen molar-refractivity contribution in [3.63, 3.8) is 0 Å². The van der Waals surface area contributed by atoms with E-state index in [-0.39, 0.29) is 13.2 Å². The second kappa shape index (κ2) is 8.08. The number of anilines is 1. The number of fused-ring (bicyclic) bond motifs is 1. The van der Waals surface area contributed by atoms with Gasteiger partial charge in [-0.2, -0.15) is 0 Å². The topological polar surface area (TPSA) is 55.8 Å². The molecule has 1 unspecified atom stereocenters.